The topological polar surface area (TPSA) is 70.3 Å². The Balaban J connectivity index is 2.18. The van der Waals surface area contributed by atoms with Gasteiger partial charge in [-0.25, -0.2) is 9.97 Å². The molecule has 2 N–H and O–H groups in total. The lowest BCUT2D eigenvalue weighted by Gasteiger charge is -2.22. The molecule has 5 heteroatoms. The van der Waals surface area contributed by atoms with E-state index in [4.69, 9.17) is 15.2 Å². The summed E-state index contributed by atoms with van der Waals surface area (Å²) in [6.45, 7) is 5.71. The Morgan fingerprint density at radius 1 is 1.47 bits per heavy atom. The average Bonchev–Trinajstić information content (AvgIpc) is 2.28. The Kier molecular flexibility index (Phi) is 4.04. The maximum Gasteiger partial charge on any atom is 0.159 e. The molecule has 0 spiro atoms. The molecule has 2 atom stereocenters. The van der Waals surface area contributed by atoms with E-state index < -0.39 is 0 Å². The smallest absolute Gasteiger partial charge is 0.159 e. The van der Waals surface area contributed by atoms with E-state index in [2.05, 4.69) is 9.97 Å². The maximum atomic E-state index is 5.79. The molecule has 1 aromatic rings. The number of rotatable bonds is 3. The lowest BCUT2D eigenvalue weighted by molar-refractivity contribution is -0.0936. The molecule has 17 heavy (non-hydrogen) atoms. The third-order valence-corrected chi connectivity index (χ3v) is 2.56. The van der Waals surface area contributed by atoms with Gasteiger partial charge in [0.1, 0.15) is 6.10 Å². The number of hydrogen-bond donors (Lipinski definition) is 1. The highest BCUT2D eigenvalue weighted by atomic mass is 16.6. The summed E-state index contributed by atoms with van der Waals surface area (Å²) in [5, 5.41) is 0. The molecule has 1 aromatic heterocycles. The normalized spacial score (nSPS) is 22.4. The van der Waals surface area contributed by atoms with E-state index in [-0.39, 0.29) is 12.1 Å². The van der Waals surface area contributed by atoms with Crippen LogP contribution in [0, 0.1) is 6.92 Å². The molecule has 1 saturated heterocycles. The predicted molar refractivity (Wildman–Crippen MR) is 63.6 cm³/mol. The van der Waals surface area contributed by atoms with Gasteiger partial charge in [0.15, 0.2) is 5.82 Å². The molecule has 0 amide bonds. The van der Waals surface area contributed by atoms with Crippen LogP contribution in [-0.4, -0.2) is 35.8 Å². The van der Waals surface area contributed by atoms with Crippen molar-refractivity contribution in [2.75, 3.05) is 19.8 Å². The highest BCUT2D eigenvalue weighted by Crippen LogP contribution is 2.18. The number of nitrogens with two attached hydrogens (primary N) is 1. The fourth-order valence-corrected chi connectivity index (χ4v) is 1.87. The standard InChI is InChI=1S/C12H19N3O2/c1-8(13)5-10-6-9(2)14-12(15-10)11-7-16-3-4-17-11/h6,8,11H,3-5,7,13H2,1-2H3. The van der Waals surface area contributed by atoms with Crippen LogP contribution >= 0.6 is 0 Å². The Morgan fingerprint density at radius 3 is 2.94 bits per heavy atom. The molecule has 1 fully saturated rings. The van der Waals surface area contributed by atoms with Gasteiger partial charge in [-0.2, -0.15) is 0 Å². The van der Waals surface area contributed by atoms with Crippen molar-refractivity contribution in [1.29, 1.82) is 0 Å². The molecule has 94 valence electrons. The van der Waals surface area contributed by atoms with E-state index in [0.29, 0.717) is 25.6 Å². The largest absolute Gasteiger partial charge is 0.376 e. The minimum Gasteiger partial charge on any atom is -0.376 e. The van der Waals surface area contributed by atoms with E-state index in [9.17, 15) is 0 Å². The minimum absolute atomic E-state index is 0.0978. The zero-order valence-corrected chi connectivity index (χ0v) is 10.3. The first-order valence-corrected chi connectivity index (χ1v) is 5.94. The van der Waals surface area contributed by atoms with Crippen LogP contribution in [0.1, 0.15) is 30.2 Å². The molecule has 1 aliphatic rings. The van der Waals surface area contributed by atoms with Gasteiger partial charge in [0.25, 0.3) is 0 Å². The Hall–Kier alpha value is -1.04. The van der Waals surface area contributed by atoms with Crippen LogP contribution in [0.2, 0.25) is 0 Å². The number of hydrogen-bond acceptors (Lipinski definition) is 5. The van der Waals surface area contributed by atoms with Gasteiger partial charge in [-0.1, -0.05) is 0 Å². The minimum atomic E-state index is -0.143. The molecule has 0 aliphatic carbocycles. The Bertz CT molecular complexity index is 376. The van der Waals surface area contributed by atoms with Gasteiger partial charge < -0.3 is 15.2 Å². The van der Waals surface area contributed by atoms with E-state index in [1.54, 1.807) is 0 Å². The second-order valence-corrected chi connectivity index (χ2v) is 4.47. The van der Waals surface area contributed by atoms with Crippen molar-refractivity contribution >= 4 is 0 Å². The zero-order chi connectivity index (χ0) is 12.3. The van der Waals surface area contributed by atoms with Crippen LogP contribution in [0.5, 0.6) is 0 Å². The summed E-state index contributed by atoms with van der Waals surface area (Å²) in [5.41, 5.74) is 7.70. The maximum absolute atomic E-state index is 5.79. The van der Waals surface area contributed by atoms with Gasteiger partial charge in [0.05, 0.1) is 19.8 Å². The van der Waals surface area contributed by atoms with Crippen molar-refractivity contribution in [3.8, 4) is 0 Å². The van der Waals surface area contributed by atoms with Crippen LogP contribution in [0.4, 0.5) is 0 Å². The molecule has 5 nitrogen and oxygen atoms in total. The molecular weight excluding hydrogens is 218 g/mol. The second kappa shape index (κ2) is 5.53. The summed E-state index contributed by atoms with van der Waals surface area (Å²) >= 11 is 0. The van der Waals surface area contributed by atoms with E-state index >= 15 is 0 Å². The van der Waals surface area contributed by atoms with Crippen molar-refractivity contribution in [2.24, 2.45) is 5.73 Å². The fourth-order valence-electron chi connectivity index (χ4n) is 1.87. The Morgan fingerprint density at radius 2 is 2.29 bits per heavy atom. The van der Waals surface area contributed by atoms with Crippen LogP contribution in [-0.2, 0) is 15.9 Å². The number of aryl methyl sites for hydroxylation is 1. The van der Waals surface area contributed by atoms with Crippen LogP contribution in [0.3, 0.4) is 0 Å². The quantitative estimate of drug-likeness (QED) is 0.840. The SMILES string of the molecule is Cc1cc(CC(C)N)nc(C2COCCO2)n1. The third-order valence-electron chi connectivity index (χ3n) is 2.56. The van der Waals surface area contributed by atoms with Crippen molar-refractivity contribution < 1.29 is 9.47 Å². The van der Waals surface area contributed by atoms with Gasteiger partial charge in [-0.3, -0.25) is 0 Å². The molecule has 0 aromatic carbocycles. The lowest BCUT2D eigenvalue weighted by atomic mass is 10.1. The average molecular weight is 237 g/mol. The molecule has 0 saturated carbocycles. The molecule has 2 heterocycles. The zero-order valence-electron chi connectivity index (χ0n) is 10.3. The fraction of sp³-hybridized carbons (Fsp3) is 0.667. The van der Waals surface area contributed by atoms with E-state index in [1.807, 2.05) is 19.9 Å². The molecule has 1 aliphatic heterocycles. The first-order chi connectivity index (χ1) is 8.15. The van der Waals surface area contributed by atoms with Gasteiger partial charge in [0, 0.05) is 23.9 Å². The van der Waals surface area contributed by atoms with E-state index in [0.717, 1.165) is 17.8 Å². The molecule has 0 bridgehead atoms. The summed E-state index contributed by atoms with van der Waals surface area (Å²) in [6.07, 6.45) is 0.611. The molecule has 2 unspecified atom stereocenters. The number of ether oxygens (including phenoxy) is 2. The van der Waals surface area contributed by atoms with E-state index in [1.165, 1.54) is 0 Å². The monoisotopic (exact) mass is 237 g/mol. The van der Waals surface area contributed by atoms with Gasteiger partial charge in [-0.15, -0.1) is 0 Å². The summed E-state index contributed by atoms with van der Waals surface area (Å²) in [6, 6.07) is 2.07. The molecular formula is C12H19N3O2. The summed E-state index contributed by atoms with van der Waals surface area (Å²) in [7, 11) is 0. The van der Waals surface area contributed by atoms with Crippen LogP contribution in [0.15, 0.2) is 6.07 Å². The van der Waals surface area contributed by atoms with Crippen LogP contribution < -0.4 is 5.73 Å². The first kappa shape index (κ1) is 12.4. The second-order valence-electron chi connectivity index (χ2n) is 4.47. The lowest BCUT2D eigenvalue weighted by Crippen LogP contribution is -2.25. The summed E-state index contributed by atoms with van der Waals surface area (Å²) in [5.74, 6) is 0.709. The highest BCUT2D eigenvalue weighted by Gasteiger charge is 2.20. The highest BCUT2D eigenvalue weighted by molar-refractivity contribution is 5.12. The van der Waals surface area contributed by atoms with Gasteiger partial charge >= 0.3 is 0 Å². The Labute approximate surface area is 101 Å². The van der Waals surface area contributed by atoms with Crippen molar-refractivity contribution in [3.05, 3.63) is 23.3 Å². The van der Waals surface area contributed by atoms with Crippen molar-refractivity contribution in [3.63, 3.8) is 0 Å². The predicted octanol–water partition coefficient (Wildman–Crippen LogP) is 0.763. The van der Waals surface area contributed by atoms with Crippen molar-refractivity contribution in [1.82, 2.24) is 9.97 Å². The summed E-state index contributed by atoms with van der Waals surface area (Å²) < 4.78 is 11.0. The third kappa shape index (κ3) is 3.46. The summed E-state index contributed by atoms with van der Waals surface area (Å²) in [4.78, 5) is 8.91. The van der Waals surface area contributed by atoms with Gasteiger partial charge in [-0.05, 0) is 19.9 Å². The molecule has 0 radical (unpaired) electrons. The molecule has 2 rings (SSSR count). The van der Waals surface area contributed by atoms with Crippen LogP contribution in [0.25, 0.3) is 0 Å². The van der Waals surface area contributed by atoms with Crippen molar-refractivity contribution in [2.45, 2.75) is 32.4 Å². The van der Waals surface area contributed by atoms with Gasteiger partial charge in [0.2, 0.25) is 0 Å². The first-order valence-electron chi connectivity index (χ1n) is 5.94. The number of nitrogens with zero attached hydrogens (tertiary/aromatic N) is 2. The number of aromatic nitrogens is 2.